The van der Waals surface area contributed by atoms with Crippen LogP contribution in [0.5, 0.6) is 0 Å². The van der Waals surface area contributed by atoms with E-state index in [1.54, 1.807) is 6.26 Å². The average Bonchev–Trinajstić information content (AvgIpc) is 2.79. The van der Waals surface area contributed by atoms with Gasteiger partial charge < -0.3 is 9.73 Å². The topological polar surface area (TPSA) is 28.4 Å². The number of hydrogen-bond donors (Lipinski definition) is 1. The molecule has 0 fully saturated rings. The van der Waals surface area contributed by atoms with Gasteiger partial charge in [-0.1, -0.05) is 20.8 Å². The van der Waals surface area contributed by atoms with Gasteiger partial charge in [0.2, 0.25) is 0 Å². The van der Waals surface area contributed by atoms with E-state index in [1.165, 1.54) is 24.8 Å². The van der Waals surface area contributed by atoms with Crippen LogP contribution in [0.4, 0.5) is 0 Å². The second kappa shape index (κ2) is 8.33. The van der Waals surface area contributed by atoms with Gasteiger partial charge in [-0.25, -0.2) is 0 Å². The van der Waals surface area contributed by atoms with Gasteiger partial charge in [0.05, 0.1) is 12.8 Å². The monoisotopic (exact) mass is 252 g/mol. The normalized spacial score (nSPS) is 11.7. The zero-order valence-electron chi connectivity index (χ0n) is 12.3. The van der Waals surface area contributed by atoms with Crippen LogP contribution in [-0.4, -0.2) is 24.5 Å². The molecule has 0 aliphatic heterocycles. The molecule has 0 saturated carbocycles. The van der Waals surface area contributed by atoms with E-state index in [-0.39, 0.29) is 0 Å². The van der Waals surface area contributed by atoms with Gasteiger partial charge in [-0.05, 0) is 38.9 Å². The minimum Gasteiger partial charge on any atom is -0.468 e. The number of hydrogen-bond acceptors (Lipinski definition) is 3. The molecule has 0 bridgehead atoms. The van der Waals surface area contributed by atoms with E-state index in [0.717, 1.165) is 25.4 Å². The Bertz CT molecular complexity index is 318. The molecule has 0 radical (unpaired) electrons. The first kappa shape index (κ1) is 15.3. The van der Waals surface area contributed by atoms with Gasteiger partial charge in [-0.15, -0.1) is 0 Å². The molecule has 1 rings (SSSR count). The highest BCUT2D eigenvalue weighted by Gasteiger charge is 2.14. The SMILES string of the molecule is CCCNCc1ccoc1CN(C)C(CC)CC. The number of rotatable bonds is 9. The average molecular weight is 252 g/mol. The molecule has 104 valence electrons. The highest BCUT2D eigenvalue weighted by molar-refractivity contribution is 5.16. The molecule has 0 saturated heterocycles. The molecule has 1 aromatic rings. The fourth-order valence-corrected chi connectivity index (χ4v) is 2.33. The molecule has 0 aromatic carbocycles. The largest absolute Gasteiger partial charge is 0.468 e. The molecule has 0 amide bonds. The Morgan fingerprint density at radius 2 is 2.00 bits per heavy atom. The summed E-state index contributed by atoms with van der Waals surface area (Å²) in [5, 5.41) is 3.43. The summed E-state index contributed by atoms with van der Waals surface area (Å²) in [4.78, 5) is 2.39. The Kier molecular flexibility index (Phi) is 7.06. The number of nitrogens with one attached hydrogen (secondary N) is 1. The Balaban J connectivity index is 2.53. The molecule has 0 aliphatic rings. The molecular formula is C15H28N2O. The van der Waals surface area contributed by atoms with E-state index in [0.29, 0.717) is 6.04 Å². The predicted octanol–water partition coefficient (Wildman–Crippen LogP) is 3.40. The summed E-state index contributed by atoms with van der Waals surface area (Å²) in [7, 11) is 2.18. The van der Waals surface area contributed by atoms with Crippen LogP contribution in [0.3, 0.4) is 0 Å². The van der Waals surface area contributed by atoms with Crippen molar-refractivity contribution in [1.82, 2.24) is 10.2 Å². The molecule has 1 N–H and O–H groups in total. The van der Waals surface area contributed by atoms with Gasteiger partial charge in [0.25, 0.3) is 0 Å². The first-order valence-corrected chi connectivity index (χ1v) is 7.19. The summed E-state index contributed by atoms with van der Waals surface area (Å²) >= 11 is 0. The van der Waals surface area contributed by atoms with Crippen LogP contribution in [0.15, 0.2) is 16.7 Å². The fraction of sp³-hybridized carbons (Fsp3) is 0.733. The van der Waals surface area contributed by atoms with E-state index in [9.17, 15) is 0 Å². The third-order valence-corrected chi connectivity index (χ3v) is 3.54. The van der Waals surface area contributed by atoms with Crippen molar-refractivity contribution in [2.75, 3.05) is 13.6 Å². The number of furan rings is 1. The molecule has 18 heavy (non-hydrogen) atoms. The van der Waals surface area contributed by atoms with Crippen LogP contribution in [0.25, 0.3) is 0 Å². The lowest BCUT2D eigenvalue weighted by Crippen LogP contribution is -2.30. The van der Waals surface area contributed by atoms with Gasteiger partial charge in [0, 0.05) is 18.2 Å². The summed E-state index contributed by atoms with van der Waals surface area (Å²) < 4.78 is 5.62. The Labute approximate surface area is 112 Å². The van der Waals surface area contributed by atoms with E-state index in [1.807, 2.05) is 0 Å². The molecule has 3 nitrogen and oxygen atoms in total. The second-order valence-electron chi connectivity index (χ2n) is 4.93. The van der Waals surface area contributed by atoms with Crippen molar-refractivity contribution < 1.29 is 4.42 Å². The maximum atomic E-state index is 5.62. The van der Waals surface area contributed by atoms with Crippen LogP contribution in [0, 0.1) is 0 Å². The number of nitrogens with zero attached hydrogens (tertiary/aromatic N) is 1. The standard InChI is InChI=1S/C15H28N2O/c1-5-9-16-11-13-8-10-18-15(13)12-17(4)14(6-2)7-3/h8,10,14,16H,5-7,9,11-12H2,1-4H3. The molecule has 3 heteroatoms. The summed E-state index contributed by atoms with van der Waals surface area (Å²) in [6.07, 6.45) is 5.36. The summed E-state index contributed by atoms with van der Waals surface area (Å²) in [6.45, 7) is 9.56. The lowest BCUT2D eigenvalue weighted by atomic mass is 10.1. The van der Waals surface area contributed by atoms with Gasteiger partial charge in [-0.2, -0.15) is 0 Å². The molecule has 1 aromatic heterocycles. The van der Waals surface area contributed by atoms with Crippen molar-refractivity contribution in [2.24, 2.45) is 0 Å². The maximum absolute atomic E-state index is 5.62. The first-order valence-electron chi connectivity index (χ1n) is 7.19. The molecule has 0 atom stereocenters. The van der Waals surface area contributed by atoms with Crippen LogP contribution in [-0.2, 0) is 13.1 Å². The van der Waals surface area contributed by atoms with Crippen molar-refractivity contribution in [3.05, 3.63) is 23.7 Å². The molecule has 0 spiro atoms. The van der Waals surface area contributed by atoms with Gasteiger partial charge in [0.15, 0.2) is 0 Å². The van der Waals surface area contributed by atoms with E-state index < -0.39 is 0 Å². The quantitative estimate of drug-likeness (QED) is 0.683. The summed E-state index contributed by atoms with van der Waals surface area (Å²) in [5.74, 6) is 1.10. The summed E-state index contributed by atoms with van der Waals surface area (Å²) in [5.41, 5.74) is 1.29. The van der Waals surface area contributed by atoms with Crippen molar-refractivity contribution in [2.45, 2.75) is 59.2 Å². The third-order valence-electron chi connectivity index (χ3n) is 3.54. The highest BCUT2D eigenvalue weighted by atomic mass is 16.3. The minimum absolute atomic E-state index is 0.645. The minimum atomic E-state index is 0.645. The van der Waals surface area contributed by atoms with Crippen LogP contribution in [0.2, 0.25) is 0 Å². The first-order chi connectivity index (χ1) is 8.72. The van der Waals surface area contributed by atoms with Crippen molar-refractivity contribution >= 4 is 0 Å². The molecule has 1 heterocycles. The van der Waals surface area contributed by atoms with E-state index in [2.05, 4.69) is 44.1 Å². The Morgan fingerprint density at radius 1 is 1.28 bits per heavy atom. The zero-order valence-corrected chi connectivity index (χ0v) is 12.3. The lowest BCUT2D eigenvalue weighted by Gasteiger charge is -2.25. The van der Waals surface area contributed by atoms with Gasteiger partial charge in [0.1, 0.15) is 5.76 Å². The van der Waals surface area contributed by atoms with Crippen LogP contribution >= 0.6 is 0 Å². The molecular weight excluding hydrogens is 224 g/mol. The van der Waals surface area contributed by atoms with Gasteiger partial charge >= 0.3 is 0 Å². The van der Waals surface area contributed by atoms with Crippen LogP contribution < -0.4 is 5.32 Å². The predicted molar refractivity (Wildman–Crippen MR) is 76.5 cm³/mol. The third kappa shape index (κ3) is 4.46. The lowest BCUT2D eigenvalue weighted by molar-refractivity contribution is 0.204. The maximum Gasteiger partial charge on any atom is 0.122 e. The Hall–Kier alpha value is -0.800. The summed E-state index contributed by atoms with van der Waals surface area (Å²) in [6, 6.07) is 2.73. The van der Waals surface area contributed by atoms with Crippen molar-refractivity contribution in [1.29, 1.82) is 0 Å². The molecule has 0 unspecified atom stereocenters. The zero-order chi connectivity index (χ0) is 13.4. The Morgan fingerprint density at radius 3 is 2.61 bits per heavy atom. The smallest absolute Gasteiger partial charge is 0.122 e. The second-order valence-corrected chi connectivity index (χ2v) is 4.93. The van der Waals surface area contributed by atoms with Crippen molar-refractivity contribution in [3.8, 4) is 0 Å². The van der Waals surface area contributed by atoms with E-state index >= 15 is 0 Å². The highest BCUT2D eigenvalue weighted by Crippen LogP contribution is 2.16. The molecule has 0 aliphatic carbocycles. The van der Waals surface area contributed by atoms with E-state index in [4.69, 9.17) is 4.42 Å². The fourth-order valence-electron chi connectivity index (χ4n) is 2.33. The van der Waals surface area contributed by atoms with Crippen LogP contribution in [0.1, 0.15) is 51.4 Å². The van der Waals surface area contributed by atoms with Crippen molar-refractivity contribution in [3.63, 3.8) is 0 Å². The van der Waals surface area contributed by atoms with Gasteiger partial charge in [-0.3, -0.25) is 4.90 Å².